The molecule has 0 aliphatic rings. The molecule has 0 aromatic heterocycles. The van der Waals surface area contributed by atoms with Crippen molar-refractivity contribution < 1.29 is 0 Å². The van der Waals surface area contributed by atoms with Crippen LogP contribution in [0, 0.1) is 10.8 Å². The third-order valence-corrected chi connectivity index (χ3v) is 1.33. The molecule has 0 aliphatic heterocycles. The van der Waals surface area contributed by atoms with Gasteiger partial charge in [0.15, 0.2) is 0 Å². The Labute approximate surface area is 84.3 Å². The first-order chi connectivity index (χ1) is 7.00. The molecule has 2 heteroatoms. The summed E-state index contributed by atoms with van der Waals surface area (Å²) in [5, 5.41) is 12.0. The van der Waals surface area contributed by atoms with E-state index in [4.69, 9.17) is 10.8 Å². The highest BCUT2D eigenvalue weighted by molar-refractivity contribution is 4.99. The summed E-state index contributed by atoms with van der Waals surface area (Å²) < 4.78 is 0. The molecule has 0 amide bonds. The molecule has 0 N–H and O–H groups in total. The summed E-state index contributed by atoms with van der Waals surface area (Å²) in [6.45, 7) is 0. The highest BCUT2D eigenvalue weighted by Crippen LogP contribution is 1.80. The van der Waals surface area contributed by atoms with Gasteiger partial charge in [0.25, 0.3) is 0 Å². The quantitative estimate of drug-likeness (QED) is 0.589. The molecule has 0 aliphatic carbocycles. The lowest BCUT2D eigenvalue weighted by Gasteiger charge is -1.69. The monoisotopic (exact) mass is 184 g/mol. The molecule has 0 radical (unpaired) electrons. The normalized spacial score (nSPS) is 7.00. The van der Waals surface area contributed by atoms with Gasteiger partial charge in [0, 0.05) is 10.8 Å². The first kappa shape index (κ1) is 11.9. The summed E-state index contributed by atoms with van der Waals surface area (Å²) in [5.74, 6) is 0. The van der Waals surface area contributed by atoms with Gasteiger partial charge in [-0.25, -0.2) is 0 Å². The zero-order chi connectivity index (χ0) is 10.5. The first-order valence-corrected chi connectivity index (χ1v) is 4.20. The lowest BCUT2D eigenvalue weighted by atomic mass is 10.4. The third kappa shape index (κ3) is 7.96. The van der Waals surface area contributed by atoms with E-state index < -0.39 is 0 Å². The second kappa shape index (κ2) is 10.9. The van der Waals surface area contributed by atoms with Crippen LogP contribution in [0.15, 0.2) is 72.8 Å². The largest absolute Gasteiger partial charge is 0.0623 e. The molecule has 0 spiro atoms. The average molecular weight is 184 g/mol. The molecule has 0 unspecified atom stereocenters. The van der Waals surface area contributed by atoms with Crippen molar-refractivity contribution >= 4 is 0 Å². The molecular weight excluding hydrogens is 172 g/mol. The predicted octanol–water partition coefficient (Wildman–Crippen LogP) is 3.40. The number of hydrogen-bond donors (Lipinski definition) is 0. The van der Waals surface area contributed by atoms with E-state index in [9.17, 15) is 0 Å². The van der Waals surface area contributed by atoms with Crippen molar-refractivity contribution in [2.24, 2.45) is 0 Å². The van der Waals surface area contributed by atoms with Crippen LogP contribution in [0.25, 0.3) is 0 Å². The van der Waals surface area contributed by atoms with Crippen molar-refractivity contribution in [2.45, 2.75) is 0 Å². The molecule has 0 saturated heterocycles. The van der Waals surface area contributed by atoms with Gasteiger partial charge in [0.2, 0.25) is 0 Å². The van der Waals surface area contributed by atoms with Crippen molar-refractivity contribution in [1.29, 1.82) is 10.8 Å². The Morgan fingerprint density at radius 2 is 0.357 bits per heavy atom. The molecule has 2 nitrogen and oxygen atoms in total. The summed E-state index contributed by atoms with van der Waals surface area (Å²) in [7, 11) is 0. The molecule has 0 saturated carbocycles. The Morgan fingerprint density at radius 1 is 0.286 bits per heavy atom. The Hall–Kier alpha value is -2.14. The SMILES string of the molecule is N#N.c1ccccc1.c1ccccc1. The van der Waals surface area contributed by atoms with Crippen LogP contribution < -0.4 is 0 Å². The Kier molecular flexibility index (Phi) is 9.20. The van der Waals surface area contributed by atoms with Gasteiger partial charge in [-0.3, -0.25) is 0 Å². The number of rotatable bonds is 0. The summed E-state index contributed by atoms with van der Waals surface area (Å²) in [4.78, 5) is 0. The highest BCUT2D eigenvalue weighted by atomic mass is 14.6. The van der Waals surface area contributed by atoms with Crippen LogP contribution in [-0.2, 0) is 0 Å². The van der Waals surface area contributed by atoms with Gasteiger partial charge in [-0.2, -0.15) is 0 Å². The lowest BCUT2D eigenvalue weighted by molar-refractivity contribution is 1.15. The Bertz CT molecular complexity index is 218. The lowest BCUT2D eigenvalue weighted by Crippen LogP contribution is -1.47. The van der Waals surface area contributed by atoms with Crippen LogP contribution in [0.1, 0.15) is 0 Å². The smallest absolute Gasteiger partial charge is 0 e. The number of benzene rings is 2. The van der Waals surface area contributed by atoms with Crippen LogP contribution in [-0.4, -0.2) is 0 Å². The number of hydrogen-bond acceptors (Lipinski definition) is 2. The summed E-state index contributed by atoms with van der Waals surface area (Å²) in [5.41, 5.74) is 0. The maximum absolute atomic E-state index is 6.00. The van der Waals surface area contributed by atoms with Gasteiger partial charge in [-0.1, -0.05) is 72.8 Å². The van der Waals surface area contributed by atoms with Gasteiger partial charge < -0.3 is 0 Å². The number of nitrogens with zero attached hydrogens (tertiary/aromatic N) is 2. The maximum Gasteiger partial charge on any atom is 0 e. The van der Waals surface area contributed by atoms with Gasteiger partial charge in [0.05, 0.1) is 0 Å². The summed E-state index contributed by atoms with van der Waals surface area (Å²) in [6, 6.07) is 24.0. The topological polar surface area (TPSA) is 47.6 Å². The van der Waals surface area contributed by atoms with Crippen LogP contribution in [0.5, 0.6) is 0 Å². The molecule has 0 bridgehead atoms. The fourth-order valence-corrected chi connectivity index (χ4v) is 0.770. The minimum Gasteiger partial charge on any atom is -0.0623 e. The highest BCUT2D eigenvalue weighted by Gasteiger charge is 1.58. The van der Waals surface area contributed by atoms with Gasteiger partial charge in [-0.15, -0.1) is 0 Å². The third-order valence-electron chi connectivity index (χ3n) is 1.33. The second-order valence-electron chi connectivity index (χ2n) is 2.31. The van der Waals surface area contributed by atoms with Gasteiger partial charge in [0.1, 0.15) is 0 Å². The van der Waals surface area contributed by atoms with Crippen LogP contribution in [0.2, 0.25) is 0 Å². The van der Waals surface area contributed by atoms with E-state index in [2.05, 4.69) is 0 Å². The second-order valence-corrected chi connectivity index (χ2v) is 2.31. The zero-order valence-electron chi connectivity index (χ0n) is 7.82. The fraction of sp³-hybridized carbons (Fsp3) is 0. The molecule has 0 heterocycles. The summed E-state index contributed by atoms with van der Waals surface area (Å²) >= 11 is 0. The zero-order valence-corrected chi connectivity index (χ0v) is 7.82. The molecule has 14 heavy (non-hydrogen) atoms. The van der Waals surface area contributed by atoms with Crippen LogP contribution in [0.3, 0.4) is 0 Å². The van der Waals surface area contributed by atoms with E-state index >= 15 is 0 Å². The molecule has 2 aromatic rings. The van der Waals surface area contributed by atoms with E-state index in [0.717, 1.165) is 0 Å². The van der Waals surface area contributed by atoms with Crippen molar-refractivity contribution in [3.8, 4) is 0 Å². The molecular formula is C12H12N2. The van der Waals surface area contributed by atoms with E-state index in [1.54, 1.807) is 0 Å². The van der Waals surface area contributed by atoms with E-state index in [1.807, 2.05) is 72.8 Å². The fourth-order valence-electron chi connectivity index (χ4n) is 0.770. The minimum absolute atomic E-state index is 2.00. The maximum atomic E-state index is 6.00. The Balaban J connectivity index is 0.000000206. The Morgan fingerprint density at radius 3 is 0.429 bits per heavy atom. The van der Waals surface area contributed by atoms with Crippen molar-refractivity contribution in [2.75, 3.05) is 0 Å². The molecule has 2 aromatic carbocycles. The van der Waals surface area contributed by atoms with Gasteiger partial charge in [-0.05, 0) is 0 Å². The van der Waals surface area contributed by atoms with Crippen molar-refractivity contribution in [3.05, 3.63) is 72.8 Å². The first-order valence-electron chi connectivity index (χ1n) is 4.20. The van der Waals surface area contributed by atoms with Gasteiger partial charge >= 0.3 is 0 Å². The van der Waals surface area contributed by atoms with Crippen LogP contribution in [0.4, 0.5) is 0 Å². The van der Waals surface area contributed by atoms with Crippen molar-refractivity contribution in [3.63, 3.8) is 0 Å². The standard InChI is InChI=1S/2C6H6.N2/c2*1-2-4-6-5-3-1;1-2/h2*1-6H;. The van der Waals surface area contributed by atoms with E-state index in [-0.39, 0.29) is 0 Å². The molecule has 0 atom stereocenters. The predicted molar refractivity (Wildman–Crippen MR) is 56.3 cm³/mol. The minimum atomic E-state index is 2.00. The molecule has 70 valence electrons. The van der Waals surface area contributed by atoms with Crippen molar-refractivity contribution in [1.82, 2.24) is 0 Å². The molecule has 0 fully saturated rings. The summed E-state index contributed by atoms with van der Waals surface area (Å²) in [6.07, 6.45) is 0. The van der Waals surface area contributed by atoms with E-state index in [0.29, 0.717) is 0 Å². The van der Waals surface area contributed by atoms with E-state index in [1.165, 1.54) is 0 Å². The van der Waals surface area contributed by atoms with Crippen LogP contribution >= 0.6 is 0 Å². The average Bonchev–Trinajstić information content (AvgIpc) is 2.37. The molecule has 2 rings (SSSR count).